The number of ketones is 1. The number of nitrogens with zero attached hydrogens (tertiary/aromatic N) is 1. The van der Waals surface area contributed by atoms with Gasteiger partial charge in [-0.15, -0.1) is 0 Å². The zero-order valence-electron chi connectivity index (χ0n) is 11.0. The molecule has 0 fully saturated rings. The average molecular weight is 261 g/mol. The molecule has 0 radical (unpaired) electrons. The van der Waals surface area contributed by atoms with Gasteiger partial charge in [0.1, 0.15) is 0 Å². The molecular weight excluding hydrogens is 245 g/mol. The lowest BCUT2D eigenvalue weighted by Crippen LogP contribution is -1.99. The highest BCUT2D eigenvalue weighted by molar-refractivity contribution is 5.95. The minimum absolute atomic E-state index is 0.111. The summed E-state index contributed by atoms with van der Waals surface area (Å²) in [5, 5.41) is 0. The van der Waals surface area contributed by atoms with Crippen LogP contribution in [0.3, 0.4) is 0 Å². The summed E-state index contributed by atoms with van der Waals surface area (Å²) in [4.78, 5) is 11.5. The Morgan fingerprint density at radius 3 is 2.79 bits per heavy atom. The molecule has 0 spiro atoms. The number of Topliss-reactive ketones (excluding diaryl/α,β-unsaturated/α-hetero) is 1. The maximum absolute atomic E-state index is 13.6. The van der Waals surface area contributed by atoms with E-state index in [9.17, 15) is 9.18 Å². The maximum Gasteiger partial charge on any atom is 0.165 e. The molecule has 1 heterocycles. The van der Waals surface area contributed by atoms with E-state index in [1.54, 1.807) is 18.3 Å². The standard InChI is InChI=1S/C15H16FNO2/c1-3-14(18)12-6-7-17(10-12)9-11-4-5-15(19-2)13(16)8-11/h4-8,10H,3,9H2,1-2H3. The number of halogens is 1. The molecule has 100 valence electrons. The van der Waals surface area contributed by atoms with Crippen molar-refractivity contribution in [1.82, 2.24) is 4.57 Å². The van der Waals surface area contributed by atoms with Crippen molar-refractivity contribution in [2.24, 2.45) is 0 Å². The Labute approximate surface area is 111 Å². The molecule has 0 saturated carbocycles. The second-order valence-corrected chi connectivity index (χ2v) is 4.32. The fourth-order valence-corrected chi connectivity index (χ4v) is 1.93. The molecule has 0 aliphatic rings. The third-order valence-electron chi connectivity index (χ3n) is 2.97. The molecule has 2 rings (SSSR count). The molecule has 0 unspecified atom stereocenters. The van der Waals surface area contributed by atoms with Crippen molar-refractivity contribution in [1.29, 1.82) is 0 Å². The maximum atomic E-state index is 13.6. The van der Waals surface area contributed by atoms with Gasteiger partial charge in [-0.05, 0) is 23.8 Å². The molecule has 1 aromatic carbocycles. The van der Waals surface area contributed by atoms with Gasteiger partial charge in [-0.25, -0.2) is 4.39 Å². The summed E-state index contributed by atoms with van der Waals surface area (Å²) in [5.41, 5.74) is 1.51. The number of benzene rings is 1. The molecule has 1 aromatic heterocycles. The minimum atomic E-state index is -0.378. The van der Waals surface area contributed by atoms with Crippen LogP contribution in [0.4, 0.5) is 4.39 Å². The Hall–Kier alpha value is -2.10. The normalized spacial score (nSPS) is 10.5. The van der Waals surface area contributed by atoms with Crippen LogP contribution >= 0.6 is 0 Å². The third kappa shape index (κ3) is 3.02. The van der Waals surface area contributed by atoms with Gasteiger partial charge in [-0.3, -0.25) is 4.79 Å². The summed E-state index contributed by atoms with van der Waals surface area (Å²) in [5.74, 6) is -0.0326. The molecule has 4 heteroatoms. The molecule has 0 saturated heterocycles. The largest absolute Gasteiger partial charge is 0.494 e. The Morgan fingerprint density at radius 1 is 1.37 bits per heavy atom. The first-order valence-corrected chi connectivity index (χ1v) is 6.15. The summed E-state index contributed by atoms with van der Waals surface area (Å²) >= 11 is 0. The number of carbonyl (C=O) groups is 1. The van der Waals surface area contributed by atoms with E-state index in [-0.39, 0.29) is 17.3 Å². The van der Waals surface area contributed by atoms with E-state index in [0.29, 0.717) is 18.5 Å². The van der Waals surface area contributed by atoms with Crippen molar-refractivity contribution in [3.63, 3.8) is 0 Å². The fraction of sp³-hybridized carbons (Fsp3) is 0.267. The van der Waals surface area contributed by atoms with Crippen LogP contribution < -0.4 is 4.74 Å². The average Bonchev–Trinajstić information content (AvgIpc) is 2.86. The molecule has 0 atom stereocenters. The zero-order valence-corrected chi connectivity index (χ0v) is 11.0. The fourth-order valence-electron chi connectivity index (χ4n) is 1.93. The van der Waals surface area contributed by atoms with Crippen LogP contribution in [-0.2, 0) is 6.54 Å². The molecule has 2 aromatic rings. The minimum Gasteiger partial charge on any atom is -0.494 e. The number of ether oxygens (including phenoxy) is 1. The number of carbonyl (C=O) groups excluding carboxylic acids is 1. The van der Waals surface area contributed by atoms with Gasteiger partial charge in [0.05, 0.1) is 7.11 Å². The van der Waals surface area contributed by atoms with Gasteiger partial charge in [-0.2, -0.15) is 0 Å². The predicted octanol–water partition coefficient (Wildman–Crippen LogP) is 3.28. The molecule has 19 heavy (non-hydrogen) atoms. The van der Waals surface area contributed by atoms with E-state index in [1.807, 2.05) is 23.8 Å². The van der Waals surface area contributed by atoms with Gasteiger partial charge >= 0.3 is 0 Å². The summed E-state index contributed by atoms with van der Waals surface area (Å²) in [6, 6.07) is 6.64. The van der Waals surface area contributed by atoms with E-state index in [2.05, 4.69) is 0 Å². The van der Waals surface area contributed by atoms with Crippen LogP contribution in [0.15, 0.2) is 36.7 Å². The van der Waals surface area contributed by atoms with E-state index in [1.165, 1.54) is 13.2 Å². The molecule has 0 N–H and O–H groups in total. The molecule has 0 aliphatic heterocycles. The van der Waals surface area contributed by atoms with E-state index >= 15 is 0 Å². The molecule has 0 amide bonds. The second-order valence-electron chi connectivity index (χ2n) is 4.32. The lowest BCUT2D eigenvalue weighted by molar-refractivity contribution is 0.0988. The Kier molecular flexibility index (Phi) is 4.00. The first-order chi connectivity index (χ1) is 9.13. The number of hydrogen-bond acceptors (Lipinski definition) is 2. The van der Waals surface area contributed by atoms with Gasteiger partial charge in [0, 0.05) is 30.9 Å². The van der Waals surface area contributed by atoms with Gasteiger partial charge in [0.2, 0.25) is 0 Å². The van der Waals surface area contributed by atoms with Gasteiger partial charge in [0.25, 0.3) is 0 Å². The highest BCUT2D eigenvalue weighted by Gasteiger charge is 2.07. The number of methoxy groups -OCH3 is 1. The molecule has 0 aliphatic carbocycles. The molecule has 3 nitrogen and oxygen atoms in total. The smallest absolute Gasteiger partial charge is 0.165 e. The van der Waals surface area contributed by atoms with Gasteiger partial charge in [0.15, 0.2) is 17.3 Å². The Balaban J connectivity index is 2.15. The van der Waals surface area contributed by atoms with Crippen LogP contribution in [0.25, 0.3) is 0 Å². The predicted molar refractivity (Wildman–Crippen MR) is 71.1 cm³/mol. The second kappa shape index (κ2) is 5.69. The highest BCUT2D eigenvalue weighted by Crippen LogP contribution is 2.18. The first kappa shape index (κ1) is 13.3. The molecule has 0 bridgehead atoms. The SMILES string of the molecule is CCC(=O)c1ccn(Cc2ccc(OC)c(F)c2)c1. The Bertz CT molecular complexity index is 590. The van der Waals surface area contributed by atoms with Crippen molar-refractivity contribution in [2.75, 3.05) is 7.11 Å². The van der Waals surface area contributed by atoms with Crippen molar-refractivity contribution in [3.05, 3.63) is 53.6 Å². The van der Waals surface area contributed by atoms with E-state index < -0.39 is 0 Å². The topological polar surface area (TPSA) is 31.2 Å². The van der Waals surface area contributed by atoms with Crippen LogP contribution in [0.1, 0.15) is 29.3 Å². The summed E-state index contributed by atoms with van der Waals surface area (Å²) < 4.78 is 20.3. The van der Waals surface area contributed by atoms with E-state index in [4.69, 9.17) is 4.74 Å². The lowest BCUT2D eigenvalue weighted by atomic mass is 10.2. The quantitative estimate of drug-likeness (QED) is 0.773. The van der Waals surface area contributed by atoms with Crippen LogP contribution in [0, 0.1) is 5.82 Å². The lowest BCUT2D eigenvalue weighted by Gasteiger charge is -2.06. The van der Waals surface area contributed by atoms with Crippen molar-refractivity contribution in [2.45, 2.75) is 19.9 Å². The Morgan fingerprint density at radius 2 is 2.16 bits per heavy atom. The van der Waals surface area contributed by atoms with Crippen molar-refractivity contribution < 1.29 is 13.9 Å². The van der Waals surface area contributed by atoms with Crippen LogP contribution in [-0.4, -0.2) is 17.5 Å². The van der Waals surface area contributed by atoms with Crippen molar-refractivity contribution >= 4 is 5.78 Å². The van der Waals surface area contributed by atoms with Crippen LogP contribution in [0.5, 0.6) is 5.75 Å². The van der Waals surface area contributed by atoms with Gasteiger partial charge < -0.3 is 9.30 Å². The number of hydrogen-bond donors (Lipinski definition) is 0. The zero-order chi connectivity index (χ0) is 13.8. The third-order valence-corrected chi connectivity index (χ3v) is 2.97. The monoisotopic (exact) mass is 261 g/mol. The van der Waals surface area contributed by atoms with Crippen molar-refractivity contribution in [3.8, 4) is 5.75 Å². The van der Waals surface area contributed by atoms with E-state index in [0.717, 1.165) is 5.56 Å². The van der Waals surface area contributed by atoms with Gasteiger partial charge in [-0.1, -0.05) is 13.0 Å². The summed E-state index contributed by atoms with van der Waals surface area (Å²) in [6.45, 7) is 2.36. The molecular formula is C15H16FNO2. The first-order valence-electron chi connectivity index (χ1n) is 6.15. The summed E-state index contributed by atoms with van der Waals surface area (Å²) in [7, 11) is 1.44. The van der Waals surface area contributed by atoms with Crippen LogP contribution in [0.2, 0.25) is 0 Å². The number of rotatable bonds is 5. The summed E-state index contributed by atoms with van der Waals surface area (Å²) in [6.07, 6.45) is 4.10. The number of aromatic nitrogens is 1. The highest BCUT2D eigenvalue weighted by atomic mass is 19.1.